The average molecular weight is 304 g/mol. The topological polar surface area (TPSA) is 29.1 Å². The SMILES string of the molecule is O=C(NCC1CCCC(Cl)C1)c1cc(Cl)ccc1F. The number of benzene rings is 1. The molecule has 1 fully saturated rings. The normalized spacial score (nSPS) is 23.1. The first-order valence-electron chi connectivity index (χ1n) is 6.43. The summed E-state index contributed by atoms with van der Waals surface area (Å²) < 4.78 is 13.5. The predicted octanol–water partition coefficient (Wildman–Crippen LogP) is 4.01. The number of amides is 1. The van der Waals surface area contributed by atoms with Crippen LogP contribution in [-0.2, 0) is 0 Å². The van der Waals surface area contributed by atoms with Crippen molar-refractivity contribution in [1.82, 2.24) is 5.32 Å². The third-order valence-corrected chi connectivity index (χ3v) is 4.07. The molecule has 1 aliphatic carbocycles. The van der Waals surface area contributed by atoms with Crippen LogP contribution in [0.3, 0.4) is 0 Å². The van der Waals surface area contributed by atoms with Crippen LogP contribution in [0.5, 0.6) is 0 Å². The maximum Gasteiger partial charge on any atom is 0.254 e. The van der Waals surface area contributed by atoms with Gasteiger partial charge in [0.2, 0.25) is 0 Å². The van der Waals surface area contributed by atoms with E-state index >= 15 is 0 Å². The molecule has 0 heterocycles. The number of carbonyl (C=O) groups excluding carboxylic acids is 1. The third-order valence-electron chi connectivity index (χ3n) is 3.44. The molecule has 1 aliphatic rings. The summed E-state index contributed by atoms with van der Waals surface area (Å²) in [4.78, 5) is 11.9. The number of hydrogen-bond acceptors (Lipinski definition) is 1. The molecule has 2 rings (SSSR count). The smallest absolute Gasteiger partial charge is 0.254 e. The average Bonchev–Trinajstić information content (AvgIpc) is 2.39. The van der Waals surface area contributed by atoms with Crippen LogP contribution in [0.4, 0.5) is 4.39 Å². The molecule has 0 aromatic heterocycles. The lowest BCUT2D eigenvalue weighted by Crippen LogP contribution is -2.32. The Hall–Kier alpha value is -0.800. The molecule has 2 atom stereocenters. The van der Waals surface area contributed by atoms with Crippen molar-refractivity contribution >= 4 is 29.1 Å². The van der Waals surface area contributed by atoms with E-state index in [4.69, 9.17) is 23.2 Å². The van der Waals surface area contributed by atoms with Gasteiger partial charge in [0.25, 0.3) is 5.91 Å². The highest BCUT2D eigenvalue weighted by Crippen LogP contribution is 2.27. The van der Waals surface area contributed by atoms with Crippen LogP contribution in [-0.4, -0.2) is 17.8 Å². The van der Waals surface area contributed by atoms with Crippen molar-refractivity contribution in [2.24, 2.45) is 5.92 Å². The summed E-state index contributed by atoms with van der Waals surface area (Å²) in [5.41, 5.74) is -0.00858. The lowest BCUT2D eigenvalue weighted by molar-refractivity contribution is 0.0939. The molecule has 0 radical (unpaired) electrons. The van der Waals surface area contributed by atoms with Crippen LogP contribution < -0.4 is 5.32 Å². The molecule has 2 nitrogen and oxygen atoms in total. The second kappa shape index (κ2) is 6.58. The second-order valence-electron chi connectivity index (χ2n) is 4.96. The maximum absolute atomic E-state index is 13.5. The lowest BCUT2D eigenvalue weighted by Gasteiger charge is -2.25. The number of nitrogens with one attached hydrogen (secondary N) is 1. The van der Waals surface area contributed by atoms with Crippen molar-refractivity contribution in [2.75, 3.05) is 6.54 Å². The fourth-order valence-electron chi connectivity index (χ4n) is 2.41. The van der Waals surface area contributed by atoms with Gasteiger partial charge in [-0.3, -0.25) is 4.79 Å². The Morgan fingerprint density at radius 2 is 2.21 bits per heavy atom. The molecule has 0 aliphatic heterocycles. The van der Waals surface area contributed by atoms with Gasteiger partial charge in [-0.15, -0.1) is 11.6 Å². The first-order chi connectivity index (χ1) is 9.06. The molecule has 1 amide bonds. The quantitative estimate of drug-likeness (QED) is 0.840. The first kappa shape index (κ1) is 14.6. The standard InChI is InChI=1S/C14H16Cl2FNO/c15-10-3-1-2-9(6-10)8-18-14(19)12-7-11(16)4-5-13(12)17/h4-5,7,9-10H,1-3,6,8H2,(H,18,19). The van der Waals surface area contributed by atoms with E-state index in [1.54, 1.807) is 0 Å². The predicted molar refractivity (Wildman–Crippen MR) is 75.3 cm³/mol. The zero-order chi connectivity index (χ0) is 13.8. The van der Waals surface area contributed by atoms with Crippen LogP contribution >= 0.6 is 23.2 Å². The fourth-order valence-corrected chi connectivity index (χ4v) is 2.99. The Bertz CT molecular complexity index is 467. The van der Waals surface area contributed by atoms with Crippen molar-refractivity contribution in [3.05, 3.63) is 34.6 Å². The summed E-state index contributed by atoms with van der Waals surface area (Å²) >= 11 is 11.9. The first-order valence-corrected chi connectivity index (χ1v) is 7.25. The molecule has 1 N–H and O–H groups in total. The van der Waals surface area contributed by atoms with E-state index in [0.29, 0.717) is 17.5 Å². The van der Waals surface area contributed by atoms with Crippen LogP contribution in [0.25, 0.3) is 0 Å². The molecular weight excluding hydrogens is 288 g/mol. The lowest BCUT2D eigenvalue weighted by atomic mass is 9.89. The molecule has 1 aromatic carbocycles. The third kappa shape index (κ3) is 4.08. The fraction of sp³-hybridized carbons (Fsp3) is 0.500. The minimum atomic E-state index is -0.555. The molecular formula is C14H16Cl2FNO. The number of carbonyl (C=O) groups is 1. The van der Waals surface area contributed by atoms with E-state index in [2.05, 4.69) is 5.32 Å². The molecule has 1 aromatic rings. The molecule has 104 valence electrons. The van der Waals surface area contributed by atoms with Gasteiger partial charge in [0.15, 0.2) is 0 Å². The van der Waals surface area contributed by atoms with Crippen molar-refractivity contribution in [1.29, 1.82) is 0 Å². The van der Waals surface area contributed by atoms with Crippen LogP contribution in [0.15, 0.2) is 18.2 Å². The summed E-state index contributed by atoms with van der Waals surface area (Å²) in [6.45, 7) is 0.536. The highest BCUT2D eigenvalue weighted by atomic mass is 35.5. The summed E-state index contributed by atoms with van der Waals surface area (Å²) in [6.07, 6.45) is 4.08. The minimum absolute atomic E-state index is 0.00858. The highest BCUT2D eigenvalue weighted by molar-refractivity contribution is 6.31. The Kier molecular flexibility index (Phi) is 5.06. The summed E-state index contributed by atoms with van der Waals surface area (Å²) in [5.74, 6) is -0.597. The molecule has 19 heavy (non-hydrogen) atoms. The van der Waals surface area contributed by atoms with E-state index in [9.17, 15) is 9.18 Å². The summed E-state index contributed by atoms with van der Waals surface area (Å²) in [5, 5.41) is 3.31. The van der Waals surface area contributed by atoms with Gasteiger partial charge in [-0.05, 0) is 43.4 Å². The van der Waals surface area contributed by atoms with Gasteiger partial charge < -0.3 is 5.32 Å². The van der Waals surface area contributed by atoms with Gasteiger partial charge in [0.05, 0.1) is 5.56 Å². The number of halogens is 3. The number of alkyl halides is 1. The summed E-state index contributed by atoms with van der Waals surface area (Å²) in [7, 11) is 0. The Labute approximate surface area is 122 Å². The summed E-state index contributed by atoms with van der Waals surface area (Å²) in [6, 6.07) is 3.97. The van der Waals surface area contributed by atoms with Crippen molar-refractivity contribution in [3.8, 4) is 0 Å². The molecule has 2 unspecified atom stereocenters. The van der Waals surface area contributed by atoms with E-state index in [1.165, 1.54) is 18.2 Å². The van der Waals surface area contributed by atoms with Gasteiger partial charge in [-0.1, -0.05) is 18.0 Å². The molecule has 0 spiro atoms. The highest BCUT2D eigenvalue weighted by Gasteiger charge is 2.21. The second-order valence-corrected chi connectivity index (χ2v) is 6.02. The zero-order valence-corrected chi connectivity index (χ0v) is 12.0. The molecule has 5 heteroatoms. The Balaban J connectivity index is 1.92. The van der Waals surface area contributed by atoms with Gasteiger partial charge in [-0.2, -0.15) is 0 Å². The van der Waals surface area contributed by atoms with Gasteiger partial charge >= 0.3 is 0 Å². The van der Waals surface area contributed by atoms with Gasteiger partial charge in [-0.25, -0.2) is 4.39 Å². The van der Waals surface area contributed by atoms with Crippen molar-refractivity contribution < 1.29 is 9.18 Å². The maximum atomic E-state index is 13.5. The van der Waals surface area contributed by atoms with E-state index in [1.807, 2.05) is 0 Å². The molecule has 0 saturated heterocycles. The van der Waals surface area contributed by atoms with Gasteiger partial charge in [0, 0.05) is 16.9 Å². The van der Waals surface area contributed by atoms with E-state index in [-0.39, 0.29) is 10.9 Å². The number of hydrogen-bond donors (Lipinski definition) is 1. The largest absolute Gasteiger partial charge is 0.352 e. The van der Waals surface area contributed by atoms with E-state index < -0.39 is 11.7 Å². The van der Waals surface area contributed by atoms with Crippen LogP contribution in [0.1, 0.15) is 36.0 Å². The van der Waals surface area contributed by atoms with Crippen molar-refractivity contribution in [2.45, 2.75) is 31.1 Å². The minimum Gasteiger partial charge on any atom is -0.352 e. The van der Waals surface area contributed by atoms with Crippen LogP contribution in [0, 0.1) is 11.7 Å². The molecule has 0 bridgehead atoms. The van der Waals surface area contributed by atoms with E-state index in [0.717, 1.165) is 25.7 Å². The zero-order valence-electron chi connectivity index (χ0n) is 10.5. The number of rotatable bonds is 3. The van der Waals surface area contributed by atoms with Crippen LogP contribution in [0.2, 0.25) is 5.02 Å². The van der Waals surface area contributed by atoms with Gasteiger partial charge in [0.1, 0.15) is 5.82 Å². The van der Waals surface area contributed by atoms with Crippen molar-refractivity contribution in [3.63, 3.8) is 0 Å². The molecule has 1 saturated carbocycles. The Morgan fingerprint density at radius 3 is 2.95 bits per heavy atom. The Morgan fingerprint density at radius 1 is 1.42 bits per heavy atom. The monoisotopic (exact) mass is 303 g/mol.